The molecule has 0 saturated heterocycles. The Labute approximate surface area is 114 Å². The largest absolute Gasteiger partial charge is 0.352 e. The van der Waals surface area contributed by atoms with Crippen LogP contribution < -0.4 is 5.32 Å². The Hall–Kier alpha value is -2.03. The zero-order valence-corrected chi connectivity index (χ0v) is 11.0. The van der Waals surface area contributed by atoms with Crippen molar-refractivity contribution in [1.82, 2.24) is 9.55 Å². The highest BCUT2D eigenvalue weighted by molar-refractivity contribution is 5.33. The molecule has 3 nitrogen and oxygen atoms in total. The quantitative estimate of drug-likeness (QED) is 0.848. The van der Waals surface area contributed by atoms with E-state index in [0.29, 0.717) is 6.04 Å². The van der Waals surface area contributed by atoms with E-state index in [2.05, 4.69) is 51.9 Å². The van der Waals surface area contributed by atoms with Gasteiger partial charge in [-0.2, -0.15) is 0 Å². The molecule has 1 unspecified atom stereocenters. The normalized spacial score (nSPS) is 17.8. The first kappa shape index (κ1) is 12.0. The van der Waals surface area contributed by atoms with Gasteiger partial charge in [-0.15, -0.1) is 6.58 Å². The molecule has 2 aromatic rings. The average Bonchev–Trinajstić information content (AvgIpc) is 2.93. The lowest BCUT2D eigenvalue weighted by Crippen LogP contribution is -2.20. The van der Waals surface area contributed by atoms with Gasteiger partial charge in [0.15, 0.2) is 0 Å². The Balaban J connectivity index is 1.81. The molecule has 3 heteroatoms. The van der Waals surface area contributed by atoms with Gasteiger partial charge in [-0.25, -0.2) is 4.98 Å². The molecule has 1 aromatic carbocycles. The number of nitrogens with one attached hydrogen (secondary N) is 1. The number of benzene rings is 1. The minimum Gasteiger partial charge on any atom is -0.352 e. The zero-order valence-electron chi connectivity index (χ0n) is 11.0. The summed E-state index contributed by atoms with van der Waals surface area (Å²) in [6.45, 7) is 4.48. The summed E-state index contributed by atoms with van der Waals surface area (Å²) in [5.74, 6) is 0.948. The summed E-state index contributed by atoms with van der Waals surface area (Å²) in [6, 6.07) is 9.26. The van der Waals surface area contributed by atoms with Crippen molar-refractivity contribution < 1.29 is 0 Å². The summed E-state index contributed by atoms with van der Waals surface area (Å²) in [5, 5.41) is 3.30. The second-order valence-electron chi connectivity index (χ2n) is 4.99. The maximum Gasteiger partial charge on any atom is 0.203 e. The number of aryl methyl sites for hydroxylation is 1. The van der Waals surface area contributed by atoms with Crippen LogP contribution in [0.15, 0.2) is 49.3 Å². The molecule has 1 aromatic heterocycles. The van der Waals surface area contributed by atoms with Gasteiger partial charge in [0.05, 0.1) is 0 Å². The molecule has 1 aliphatic carbocycles. The third-order valence-corrected chi connectivity index (χ3v) is 3.79. The maximum atomic E-state index is 4.39. The van der Waals surface area contributed by atoms with Gasteiger partial charge in [-0.05, 0) is 30.4 Å². The SMILES string of the molecule is C=CCNc1nccn1C1CCc2ccccc2C1. The Morgan fingerprint density at radius 3 is 3.05 bits per heavy atom. The first-order valence-corrected chi connectivity index (χ1v) is 6.83. The van der Waals surface area contributed by atoms with Gasteiger partial charge in [0, 0.05) is 25.0 Å². The van der Waals surface area contributed by atoms with Crippen LogP contribution in [0.4, 0.5) is 5.95 Å². The molecule has 19 heavy (non-hydrogen) atoms. The van der Waals surface area contributed by atoms with Gasteiger partial charge in [0.1, 0.15) is 0 Å². The van der Waals surface area contributed by atoms with Crippen LogP contribution in [0.1, 0.15) is 23.6 Å². The zero-order chi connectivity index (χ0) is 13.1. The van der Waals surface area contributed by atoms with Crippen LogP contribution in [0, 0.1) is 0 Å². The molecule has 3 rings (SSSR count). The number of hydrogen-bond acceptors (Lipinski definition) is 2. The van der Waals surface area contributed by atoms with Crippen molar-refractivity contribution >= 4 is 5.95 Å². The number of imidazole rings is 1. The Kier molecular flexibility index (Phi) is 3.36. The molecule has 0 radical (unpaired) electrons. The van der Waals surface area contributed by atoms with Crippen LogP contribution >= 0.6 is 0 Å². The van der Waals surface area contributed by atoms with Crippen molar-refractivity contribution in [2.75, 3.05) is 11.9 Å². The van der Waals surface area contributed by atoms with E-state index in [1.165, 1.54) is 17.5 Å². The second-order valence-corrected chi connectivity index (χ2v) is 4.99. The van der Waals surface area contributed by atoms with E-state index < -0.39 is 0 Å². The van der Waals surface area contributed by atoms with Crippen LogP contribution in [-0.4, -0.2) is 16.1 Å². The molecule has 0 amide bonds. The third kappa shape index (κ3) is 2.41. The van der Waals surface area contributed by atoms with E-state index in [4.69, 9.17) is 0 Å². The molecule has 0 fully saturated rings. The number of aromatic nitrogens is 2. The number of nitrogens with zero attached hydrogens (tertiary/aromatic N) is 2. The fraction of sp³-hybridized carbons (Fsp3) is 0.312. The molecule has 0 bridgehead atoms. The highest BCUT2D eigenvalue weighted by Gasteiger charge is 2.21. The molecule has 1 N–H and O–H groups in total. The lowest BCUT2D eigenvalue weighted by molar-refractivity contribution is 0.446. The lowest BCUT2D eigenvalue weighted by Gasteiger charge is -2.27. The summed E-state index contributed by atoms with van der Waals surface area (Å²) < 4.78 is 2.26. The molecule has 98 valence electrons. The summed E-state index contributed by atoms with van der Waals surface area (Å²) in [5.41, 5.74) is 2.97. The monoisotopic (exact) mass is 253 g/mol. The van der Waals surface area contributed by atoms with Crippen LogP contribution in [0.3, 0.4) is 0 Å². The summed E-state index contributed by atoms with van der Waals surface area (Å²) in [4.78, 5) is 4.39. The van der Waals surface area contributed by atoms with Crippen molar-refractivity contribution in [1.29, 1.82) is 0 Å². The topological polar surface area (TPSA) is 29.9 Å². The summed E-state index contributed by atoms with van der Waals surface area (Å²) in [6.07, 6.45) is 9.22. The molecular weight excluding hydrogens is 234 g/mol. The standard InChI is InChI=1S/C16H19N3/c1-2-9-17-16-18-10-11-19(16)15-8-7-13-5-3-4-6-14(13)12-15/h2-6,10-11,15H,1,7-9,12H2,(H,17,18). The number of hydrogen-bond donors (Lipinski definition) is 1. The Morgan fingerprint density at radius 2 is 2.21 bits per heavy atom. The van der Waals surface area contributed by atoms with E-state index in [1.54, 1.807) is 0 Å². The van der Waals surface area contributed by atoms with Gasteiger partial charge < -0.3 is 9.88 Å². The Morgan fingerprint density at radius 1 is 1.37 bits per heavy atom. The molecule has 1 aliphatic rings. The molecule has 1 heterocycles. The highest BCUT2D eigenvalue weighted by atomic mass is 15.2. The number of anilines is 1. The fourth-order valence-electron chi connectivity index (χ4n) is 2.82. The first-order valence-electron chi connectivity index (χ1n) is 6.83. The molecular formula is C16H19N3. The van der Waals surface area contributed by atoms with E-state index in [-0.39, 0.29) is 0 Å². The van der Waals surface area contributed by atoms with Crippen molar-refractivity contribution in [2.45, 2.75) is 25.3 Å². The van der Waals surface area contributed by atoms with Crippen molar-refractivity contribution in [2.24, 2.45) is 0 Å². The van der Waals surface area contributed by atoms with Crippen molar-refractivity contribution in [3.8, 4) is 0 Å². The minimum atomic E-state index is 0.504. The van der Waals surface area contributed by atoms with Gasteiger partial charge in [-0.1, -0.05) is 30.3 Å². The smallest absolute Gasteiger partial charge is 0.203 e. The summed E-state index contributed by atoms with van der Waals surface area (Å²) in [7, 11) is 0. The van der Waals surface area contributed by atoms with Crippen LogP contribution in [0.25, 0.3) is 0 Å². The lowest BCUT2D eigenvalue weighted by atomic mass is 9.88. The average molecular weight is 253 g/mol. The van der Waals surface area contributed by atoms with Crippen LogP contribution in [0.5, 0.6) is 0 Å². The summed E-state index contributed by atoms with van der Waals surface area (Å²) >= 11 is 0. The maximum absolute atomic E-state index is 4.39. The number of rotatable bonds is 4. The van der Waals surface area contributed by atoms with Crippen LogP contribution in [0.2, 0.25) is 0 Å². The van der Waals surface area contributed by atoms with Gasteiger partial charge in [0.2, 0.25) is 5.95 Å². The van der Waals surface area contributed by atoms with Crippen molar-refractivity contribution in [3.05, 3.63) is 60.4 Å². The minimum absolute atomic E-state index is 0.504. The van der Waals surface area contributed by atoms with Crippen LogP contribution in [-0.2, 0) is 12.8 Å². The van der Waals surface area contributed by atoms with E-state index >= 15 is 0 Å². The Bertz CT molecular complexity index is 571. The predicted octanol–water partition coefficient (Wildman–Crippen LogP) is 3.21. The van der Waals surface area contributed by atoms with Gasteiger partial charge in [-0.3, -0.25) is 0 Å². The first-order chi connectivity index (χ1) is 9.38. The molecule has 0 spiro atoms. The van der Waals surface area contributed by atoms with E-state index in [1.807, 2.05) is 12.3 Å². The predicted molar refractivity (Wildman–Crippen MR) is 78.4 cm³/mol. The molecule has 0 saturated carbocycles. The second kappa shape index (κ2) is 5.31. The van der Waals surface area contributed by atoms with Crippen molar-refractivity contribution in [3.63, 3.8) is 0 Å². The number of fused-ring (bicyclic) bond motifs is 1. The molecule has 0 aliphatic heterocycles. The van der Waals surface area contributed by atoms with E-state index in [0.717, 1.165) is 25.3 Å². The van der Waals surface area contributed by atoms with E-state index in [9.17, 15) is 0 Å². The van der Waals surface area contributed by atoms with Gasteiger partial charge >= 0.3 is 0 Å². The highest BCUT2D eigenvalue weighted by Crippen LogP contribution is 2.30. The van der Waals surface area contributed by atoms with Gasteiger partial charge in [0.25, 0.3) is 0 Å². The third-order valence-electron chi connectivity index (χ3n) is 3.79. The fourth-order valence-corrected chi connectivity index (χ4v) is 2.82. The molecule has 1 atom stereocenters.